The Labute approximate surface area is 137 Å². The number of nitrogens with zero attached hydrogens (tertiary/aromatic N) is 3. The van der Waals surface area contributed by atoms with Gasteiger partial charge in [0.05, 0.1) is 5.69 Å². The zero-order valence-electron chi connectivity index (χ0n) is 13.2. The van der Waals surface area contributed by atoms with E-state index in [1.807, 2.05) is 7.05 Å². The first-order chi connectivity index (χ1) is 10.3. The molecule has 1 aromatic heterocycles. The third-order valence-electron chi connectivity index (χ3n) is 4.08. The smallest absolute Gasteiger partial charge is 0.301 e. The number of halogens is 1. The van der Waals surface area contributed by atoms with Crippen LogP contribution in [0.15, 0.2) is 12.3 Å². The fraction of sp³-hybridized carbons (Fsp3) is 0.643. The Morgan fingerprint density at radius 3 is 2.59 bits per heavy atom. The maximum absolute atomic E-state index is 12.5. The molecule has 6 nitrogen and oxygen atoms in total. The Hall–Kier alpha value is -0.890. The molecule has 1 aromatic rings. The van der Waals surface area contributed by atoms with Gasteiger partial charge in [-0.1, -0.05) is 25.4 Å². The largest absolute Gasteiger partial charge is 0.304 e. The van der Waals surface area contributed by atoms with Crippen molar-refractivity contribution in [2.45, 2.75) is 26.2 Å². The molecular formula is C14H23ClN4O2S. The van der Waals surface area contributed by atoms with E-state index in [1.54, 1.807) is 12.3 Å². The van der Waals surface area contributed by atoms with Crippen LogP contribution < -0.4 is 4.72 Å². The van der Waals surface area contributed by atoms with Gasteiger partial charge in [0.25, 0.3) is 0 Å². The van der Waals surface area contributed by atoms with Gasteiger partial charge in [-0.15, -0.1) is 0 Å². The SMILES string of the molecule is CCC(C)c1cnc(Cl)c(NS(=O)(=O)N2CCN(C)CC2)c1. The molecule has 0 amide bonds. The molecule has 1 atom stereocenters. The van der Waals surface area contributed by atoms with Crippen molar-refractivity contribution in [1.29, 1.82) is 0 Å². The monoisotopic (exact) mass is 346 g/mol. The van der Waals surface area contributed by atoms with E-state index in [-0.39, 0.29) is 5.15 Å². The number of hydrogen-bond donors (Lipinski definition) is 1. The van der Waals surface area contributed by atoms with Crippen LogP contribution in [0.2, 0.25) is 5.15 Å². The number of hydrogen-bond acceptors (Lipinski definition) is 4. The molecule has 1 aliphatic rings. The molecule has 0 saturated carbocycles. The highest BCUT2D eigenvalue weighted by molar-refractivity contribution is 7.90. The van der Waals surface area contributed by atoms with Gasteiger partial charge < -0.3 is 4.90 Å². The summed E-state index contributed by atoms with van der Waals surface area (Å²) in [5, 5.41) is 0.171. The molecule has 2 heterocycles. The van der Waals surface area contributed by atoms with Crippen molar-refractivity contribution in [3.05, 3.63) is 23.0 Å². The van der Waals surface area contributed by atoms with Crippen LogP contribution >= 0.6 is 11.6 Å². The van der Waals surface area contributed by atoms with E-state index in [0.29, 0.717) is 24.7 Å². The number of pyridine rings is 1. The average molecular weight is 347 g/mol. The molecule has 0 spiro atoms. The second-order valence-corrected chi connectivity index (χ2v) is 7.75. The van der Waals surface area contributed by atoms with Crippen LogP contribution in [-0.2, 0) is 10.2 Å². The van der Waals surface area contributed by atoms with Crippen LogP contribution in [0.3, 0.4) is 0 Å². The Morgan fingerprint density at radius 2 is 2.00 bits per heavy atom. The number of nitrogens with one attached hydrogen (secondary N) is 1. The average Bonchev–Trinajstić information content (AvgIpc) is 2.49. The second-order valence-electron chi connectivity index (χ2n) is 5.73. The second kappa shape index (κ2) is 7.12. The Kier molecular flexibility index (Phi) is 5.65. The van der Waals surface area contributed by atoms with E-state index in [1.165, 1.54) is 4.31 Å². The first kappa shape index (κ1) is 17.5. The normalized spacial score (nSPS) is 19.1. The molecule has 1 unspecified atom stereocenters. The van der Waals surface area contributed by atoms with Crippen molar-refractivity contribution in [1.82, 2.24) is 14.2 Å². The highest BCUT2D eigenvalue weighted by Crippen LogP contribution is 2.27. The zero-order valence-corrected chi connectivity index (χ0v) is 14.8. The zero-order chi connectivity index (χ0) is 16.3. The fourth-order valence-electron chi connectivity index (χ4n) is 2.27. The lowest BCUT2D eigenvalue weighted by molar-refractivity contribution is 0.223. The fourth-order valence-corrected chi connectivity index (χ4v) is 3.69. The van der Waals surface area contributed by atoms with E-state index < -0.39 is 10.2 Å². The lowest BCUT2D eigenvalue weighted by atomic mass is 10.0. The van der Waals surface area contributed by atoms with Gasteiger partial charge in [-0.05, 0) is 31.0 Å². The molecule has 8 heteroatoms. The van der Waals surface area contributed by atoms with E-state index >= 15 is 0 Å². The molecule has 1 N–H and O–H groups in total. The van der Waals surface area contributed by atoms with Crippen LogP contribution in [0, 0.1) is 0 Å². The van der Waals surface area contributed by atoms with E-state index in [4.69, 9.17) is 11.6 Å². The van der Waals surface area contributed by atoms with Gasteiger partial charge in [-0.25, -0.2) is 4.98 Å². The maximum Gasteiger partial charge on any atom is 0.301 e. The van der Waals surface area contributed by atoms with Crippen molar-refractivity contribution < 1.29 is 8.42 Å². The highest BCUT2D eigenvalue weighted by Gasteiger charge is 2.26. The standard InChI is InChI=1S/C14H23ClN4O2S/c1-4-11(2)12-9-13(14(15)16-10-12)17-22(20,21)19-7-5-18(3)6-8-19/h9-11,17H,4-8H2,1-3H3. The molecule has 124 valence electrons. The van der Waals surface area contributed by atoms with Gasteiger partial charge in [-0.3, -0.25) is 4.72 Å². The quantitative estimate of drug-likeness (QED) is 0.830. The molecule has 0 bridgehead atoms. The van der Waals surface area contributed by atoms with Crippen LogP contribution in [-0.4, -0.2) is 55.8 Å². The molecule has 0 aliphatic carbocycles. The topological polar surface area (TPSA) is 65.5 Å². The predicted octanol–water partition coefficient (Wildman–Crippen LogP) is 2.15. The lowest BCUT2D eigenvalue weighted by Crippen LogP contribution is -2.48. The summed E-state index contributed by atoms with van der Waals surface area (Å²) >= 11 is 6.05. The molecular weight excluding hydrogens is 324 g/mol. The Bertz CT molecular complexity index is 615. The molecule has 1 aliphatic heterocycles. The minimum atomic E-state index is -3.60. The van der Waals surface area contributed by atoms with Gasteiger partial charge in [0.15, 0.2) is 5.15 Å². The van der Waals surface area contributed by atoms with Crippen LogP contribution in [0.4, 0.5) is 5.69 Å². The lowest BCUT2D eigenvalue weighted by Gasteiger charge is -2.31. The number of anilines is 1. The summed E-state index contributed by atoms with van der Waals surface area (Å²) in [6.45, 7) is 6.54. The van der Waals surface area contributed by atoms with E-state index in [2.05, 4.69) is 28.5 Å². The summed E-state index contributed by atoms with van der Waals surface area (Å²) in [5.74, 6) is 0.302. The third kappa shape index (κ3) is 4.10. The minimum Gasteiger partial charge on any atom is -0.304 e. The first-order valence-corrected chi connectivity index (χ1v) is 9.27. The number of piperazine rings is 1. The maximum atomic E-state index is 12.5. The van der Waals surface area contributed by atoms with Crippen molar-refractivity contribution in [3.8, 4) is 0 Å². The minimum absolute atomic E-state index is 0.171. The molecule has 0 radical (unpaired) electrons. The van der Waals surface area contributed by atoms with Crippen molar-refractivity contribution in [2.24, 2.45) is 0 Å². The number of rotatable bonds is 5. The van der Waals surface area contributed by atoms with Gasteiger partial charge in [-0.2, -0.15) is 12.7 Å². The molecule has 1 saturated heterocycles. The summed E-state index contributed by atoms with van der Waals surface area (Å²) in [6, 6.07) is 1.77. The van der Waals surface area contributed by atoms with Crippen molar-refractivity contribution >= 4 is 27.5 Å². The predicted molar refractivity (Wildman–Crippen MR) is 89.6 cm³/mol. The van der Waals surface area contributed by atoms with Crippen molar-refractivity contribution in [2.75, 3.05) is 37.9 Å². The Morgan fingerprint density at radius 1 is 1.36 bits per heavy atom. The molecule has 2 rings (SSSR count). The highest BCUT2D eigenvalue weighted by atomic mass is 35.5. The van der Waals surface area contributed by atoms with E-state index in [0.717, 1.165) is 25.1 Å². The summed E-state index contributed by atoms with van der Waals surface area (Å²) in [7, 11) is -1.62. The number of likely N-dealkylation sites (N-methyl/N-ethyl adjacent to an activating group) is 1. The summed E-state index contributed by atoms with van der Waals surface area (Å²) in [6.07, 6.45) is 2.65. The molecule has 1 fully saturated rings. The van der Waals surface area contributed by atoms with Crippen LogP contribution in [0.5, 0.6) is 0 Å². The molecule has 0 aromatic carbocycles. The summed E-state index contributed by atoms with van der Waals surface area (Å²) in [4.78, 5) is 6.20. The first-order valence-electron chi connectivity index (χ1n) is 7.45. The van der Waals surface area contributed by atoms with Crippen molar-refractivity contribution in [3.63, 3.8) is 0 Å². The Balaban J connectivity index is 2.18. The van der Waals surface area contributed by atoms with Crippen LogP contribution in [0.25, 0.3) is 0 Å². The van der Waals surface area contributed by atoms with Crippen LogP contribution in [0.1, 0.15) is 31.7 Å². The number of aromatic nitrogens is 1. The van der Waals surface area contributed by atoms with Gasteiger partial charge in [0.2, 0.25) is 0 Å². The van der Waals surface area contributed by atoms with Gasteiger partial charge >= 0.3 is 10.2 Å². The third-order valence-corrected chi connectivity index (χ3v) is 5.91. The summed E-state index contributed by atoms with van der Waals surface area (Å²) in [5.41, 5.74) is 1.32. The van der Waals surface area contributed by atoms with E-state index in [9.17, 15) is 8.42 Å². The molecule has 22 heavy (non-hydrogen) atoms. The van der Waals surface area contributed by atoms with Gasteiger partial charge in [0, 0.05) is 32.4 Å². The summed E-state index contributed by atoms with van der Waals surface area (Å²) < 4.78 is 29.0. The van der Waals surface area contributed by atoms with Gasteiger partial charge in [0.1, 0.15) is 0 Å².